The van der Waals surface area contributed by atoms with Gasteiger partial charge in [-0.15, -0.1) is 0 Å². The fourth-order valence-corrected chi connectivity index (χ4v) is 3.53. The minimum Gasteiger partial charge on any atom is -0.376 e. The van der Waals surface area contributed by atoms with Crippen molar-refractivity contribution in [2.24, 2.45) is 5.92 Å². The highest BCUT2D eigenvalue weighted by molar-refractivity contribution is 7.80. The van der Waals surface area contributed by atoms with Crippen LogP contribution < -0.4 is 15.5 Å². The van der Waals surface area contributed by atoms with Crippen molar-refractivity contribution in [3.63, 3.8) is 0 Å². The van der Waals surface area contributed by atoms with Crippen molar-refractivity contribution in [1.82, 2.24) is 15.3 Å². The summed E-state index contributed by atoms with van der Waals surface area (Å²) in [5.74, 6) is 0.532. The number of alkyl halides is 3. The van der Waals surface area contributed by atoms with Crippen molar-refractivity contribution in [2.75, 3.05) is 36.5 Å². The number of rotatable bonds is 4. The first-order valence-corrected chi connectivity index (χ1v) is 9.60. The summed E-state index contributed by atoms with van der Waals surface area (Å²) in [5.41, 5.74) is -0.977. The molecule has 2 aliphatic heterocycles. The fraction of sp³-hybridized carbons (Fsp3) is 0.706. The Bertz CT molecular complexity index is 666. The van der Waals surface area contributed by atoms with E-state index in [2.05, 4.69) is 27.5 Å². The lowest BCUT2D eigenvalue weighted by Crippen LogP contribution is -2.37. The summed E-state index contributed by atoms with van der Waals surface area (Å²) in [6.07, 6.45) is -0.555. The Balaban J connectivity index is 1.72. The molecule has 2 unspecified atom stereocenters. The van der Waals surface area contributed by atoms with Crippen LogP contribution in [0.5, 0.6) is 0 Å². The van der Waals surface area contributed by atoms with E-state index in [1.165, 1.54) is 0 Å². The number of aromatic nitrogens is 2. The van der Waals surface area contributed by atoms with Crippen molar-refractivity contribution in [3.05, 3.63) is 11.8 Å². The Morgan fingerprint density at radius 2 is 2.15 bits per heavy atom. The Morgan fingerprint density at radius 1 is 1.33 bits per heavy atom. The molecule has 0 aliphatic carbocycles. The van der Waals surface area contributed by atoms with E-state index in [1.54, 1.807) is 0 Å². The highest BCUT2D eigenvalue weighted by Gasteiger charge is 2.34. The molecule has 6 nitrogen and oxygen atoms in total. The summed E-state index contributed by atoms with van der Waals surface area (Å²) in [5, 5.41) is 5.83. The number of hydrogen-bond acceptors (Lipinski definition) is 5. The second-order valence-corrected chi connectivity index (χ2v) is 7.50. The molecule has 3 heterocycles. The number of ether oxygens (including phenoxy) is 1. The number of halogens is 3. The number of hydrogen-bond donors (Lipinski definition) is 2. The molecule has 0 aromatic carbocycles. The van der Waals surface area contributed by atoms with Crippen LogP contribution in [0.25, 0.3) is 0 Å². The van der Waals surface area contributed by atoms with Gasteiger partial charge in [0.15, 0.2) is 10.8 Å². The third-order valence-corrected chi connectivity index (χ3v) is 4.97. The molecule has 0 radical (unpaired) electrons. The highest BCUT2D eigenvalue weighted by atomic mass is 32.1. The molecule has 2 N–H and O–H groups in total. The van der Waals surface area contributed by atoms with E-state index in [0.29, 0.717) is 25.6 Å². The van der Waals surface area contributed by atoms with Crippen molar-refractivity contribution in [2.45, 2.75) is 44.9 Å². The summed E-state index contributed by atoms with van der Waals surface area (Å²) in [4.78, 5) is 9.75. The maximum absolute atomic E-state index is 13.3. The van der Waals surface area contributed by atoms with Gasteiger partial charge in [-0.25, -0.2) is 4.98 Å². The normalized spacial score (nSPS) is 23.3. The zero-order valence-electron chi connectivity index (χ0n) is 15.2. The van der Waals surface area contributed by atoms with Gasteiger partial charge in [-0.3, -0.25) is 0 Å². The van der Waals surface area contributed by atoms with Crippen molar-refractivity contribution >= 4 is 29.1 Å². The predicted molar refractivity (Wildman–Crippen MR) is 101 cm³/mol. The summed E-state index contributed by atoms with van der Waals surface area (Å²) >= 11 is 5.17. The quantitative estimate of drug-likeness (QED) is 0.749. The molecule has 0 spiro atoms. The molecule has 2 fully saturated rings. The van der Waals surface area contributed by atoms with E-state index in [0.717, 1.165) is 38.4 Å². The predicted octanol–water partition coefficient (Wildman–Crippen LogP) is 3.20. The van der Waals surface area contributed by atoms with Crippen LogP contribution in [0.2, 0.25) is 0 Å². The van der Waals surface area contributed by atoms with Crippen LogP contribution in [0, 0.1) is 5.92 Å². The Morgan fingerprint density at radius 3 is 2.81 bits per heavy atom. The zero-order valence-corrected chi connectivity index (χ0v) is 16.0. The molecule has 27 heavy (non-hydrogen) atoms. The SMILES string of the molecule is CC1CCCN(c2cc(C(F)(F)F)nc(NC(=S)NCC3CCCO3)n2)C1. The van der Waals surface area contributed by atoms with Crippen molar-refractivity contribution in [3.8, 4) is 0 Å². The molecule has 10 heteroatoms. The topological polar surface area (TPSA) is 62.3 Å². The van der Waals surface area contributed by atoms with Gasteiger partial charge in [0, 0.05) is 32.3 Å². The first-order valence-electron chi connectivity index (χ1n) is 9.19. The lowest BCUT2D eigenvalue weighted by atomic mass is 10.0. The number of nitrogens with zero attached hydrogens (tertiary/aromatic N) is 3. The molecular weight excluding hydrogens is 379 g/mol. The second kappa shape index (κ2) is 8.55. The Hall–Kier alpha value is -1.68. The van der Waals surface area contributed by atoms with E-state index in [4.69, 9.17) is 17.0 Å². The van der Waals surface area contributed by atoms with Crippen LogP contribution in [0.15, 0.2) is 6.07 Å². The van der Waals surface area contributed by atoms with Crippen molar-refractivity contribution in [1.29, 1.82) is 0 Å². The highest BCUT2D eigenvalue weighted by Crippen LogP contribution is 2.31. The molecule has 1 aromatic heterocycles. The Kier molecular flexibility index (Phi) is 6.36. The molecule has 2 saturated heterocycles. The van der Waals surface area contributed by atoms with Gasteiger partial charge in [0.25, 0.3) is 0 Å². The molecule has 2 atom stereocenters. The van der Waals surface area contributed by atoms with Crippen LogP contribution in [0.3, 0.4) is 0 Å². The third kappa shape index (κ3) is 5.65. The minimum atomic E-state index is -4.55. The summed E-state index contributed by atoms with van der Waals surface area (Å²) < 4.78 is 45.3. The molecule has 0 bridgehead atoms. The first kappa shape index (κ1) is 20.1. The smallest absolute Gasteiger partial charge is 0.376 e. The van der Waals surface area contributed by atoms with Gasteiger partial charge >= 0.3 is 6.18 Å². The van der Waals surface area contributed by atoms with E-state index >= 15 is 0 Å². The molecule has 150 valence electrons. The van der Waals surface area contributed by atoms with Gasteiger partial charge in [0.2, 0.25) is 5.95 Å². The monoisotopic (exact) mass is 403 g/mol. The third-order valence-electron chi connectivity index (χ3n) is 4.72. The summed E-state index contributed by atoms with van der Waals surface area (Å²) in [6, 6.07) is 1.01. The lowest BCUT2D eigenvalue weighted by Gasteiger charge is -2.32. The molecule has 1 aromatic rings. The van der Waals surface area contributed by atoms with Gasteiger partial charge in [-0.05, 0) is 43.8 Å². The van der Waals surface area contributed by atoms with Gasteiger partial charge < -0.3 is 20.3 Å². The summed E-state index contributed by atoms with van der Waals surface area (Å²) in [7, 11) is 0. The van der Waals surface area contributed by atoms with Gasteiger partial charge in [0.05, 0.1) is 6.10 Å². The summed E-state index contributed by atoms with van der Waals surface area (Å²) in [6.45, 7) is 4.67. The molecule has 0 saturated carbocycles. The lowest BCUT2D eigenvalue weighted by molar-refractivity contribution is -0.141. The number of anilines is 2. The van der Waals surface area contributed by atoms with Crippen LogP contribution in [0.4, 0.5) is 24.9 Å². The number of nitrogens with one attached hydrogen (secondary N) is 2. The standard InChI is InChI=1S/C17H24F3N5OS/c1-11-4-2-6-25(10-11)14-8-13(17(18,19)20)22-15(23-14)24-16(27)21-9-12-5-3-7-26-12/h8,11-12H,2-7,9-10H2,1H3,(H2,21,22,23,24,27). The molecule has 3 rings (SSSR count). The molecular formula is C17H24F3N5OS. The largest absolute Gasteiger partial charge is 0.433 e. The van der Waals surface area contributed by atoms with Gasteiger partial charge in [-0.2, -0.15) is 18.2 Å². The van der Waals surface area contributed by atoms with Crippen LogP contribution in [-0.4, -0.2) is 47.4 Å². The van der Waals surface area contributed by atoms with E-state index in [-0.39, 0.29) is 23.0 Å². The van der Waals surface area contributed by atoms with Crippen molar-refractivity contribution < 1.29 is 17.9 Å². The van der Waals surface area contributed by atoms with Gasteiger partial charge in [-0.1, -0.05) is 6.92 Å². The minimum absolute atomic E-state index is 0.0672. The zero-order chi connectivity index (χ0) is 19.4. The maximum atomic E-state index is 13.3. The maximum Gasteiger partial charge on any atom is 0.433 e. The molecule has 2 aliphatic rings. The first-order chi connectivity index (χ1) is 12.8. The van der Waals surface area contributed by atoms with E-state index in [9.17, 15) is 13.2 Å². The van der Waals surface area contributed by atoms with E-state index < -0.39 is 11.9 Å². The van der Waals surface area contributed by atoms with Crippen LogP contribution >= 0.6 is 12.2 Å². The fourth-order valence-electron chi connectivity index (χ4n) is 3.35. The van der Waals surface area contributed by atoms with E-state index in [1.807, 2.05) is 4.90 Å². The number of piperidine rings is 1. The van der Waals surface area contributed by atoms with Gasteiger partial charge in [0.1, 0.15) is 5.82 Å². The second-order valence-electron chi connectivity index (χ2n) is 7.10. The Labute approximate surface area is 161 Å². The molecule has 0 amide bonds. The average molecular weight is 403 g/mol. The van der Waals surface area contributed by atoms with Crippen LogP contribution in [-0.2, 0) is 10.9 Å². The number of thiocarbonyl (C=S) groups is 1. The van der Waals surface area contributed by atoms with Crippen LogP contribution in [0.1, 0.15) is 38.3 Å². The average Bonchev–Trinajstić information content (AvgIpc) is 3.12.